The smallest absolute Gasteiger partial charge is 0.252 e. The van der Waals surface area contributed by atoms with Gasteiger partial charge in [-0.1, -0.05) is 11.3 Å². The summed E-state index contributed by atoms with van der Waals surface area (Å²) in [7, 11) is -3.52. The van der Waals surface area contributed by atoms with E-state index in [1.807, 2.05) is 0 Å². The molecule has 0 fully saturated rings. The number of nitrogens with two attached hydrogens (primary N) is 1. The summed E-state index contributed by atoms with van der Waals surface area (Å²) in [5.41, 5.74) is 5.99. The first-order valence-corrected chi connectivity index (χ1v) is 8.93. The van der Waals surface area contributed by atoms with Gasteiger partial charge in [0.15, 0.2) is 9.34 Å². The van der Waals surface area contributed by atoms with Crippen LogP contribution in [0, 0.1) is 6.92 Å². The summed E-state index contributed by atoms with van der Waals surface area (Å²) in [6.45, 7) is 11.1. The second-order valence-electron chi connectivity index (χ2n) is 5.25. The van der Waals surface area contributed by atoms with E-state index in [0.717, 1.165) is 11.3 Å². The normalized spacial score (nSPS) is 12.8. The predicted molar refractivity (Wildman–Crippen MR) is 83.4 cm³/mol. The molecule has 0 amide bonds. The summed E-state index contributed by atoms with van der Waals surface area (Å²) in [6, 6.07) is 0.751. The van der Waals surface area contributed by atoms with E-state index in [9.17, 15) is 8.42 Å². The Bertz CT molecular complexity index is 530. The van der Waals surface area contributed by atoms with Crippen molar-refractivity contribution >= 4 is 26.5 Å². The number of anilines is 1. The molecule has 1 heterocycles. The lowest BCUT2D eigenvalue weighted by atomic mass is 10.2. The summed E-state index contributed by atoms with van der Waals surface area (Å²) < 4.78 is 27.2. The fourth-order valence-corrected chi connectivity index (χ4v) is 4.50. The average Bonchev–Trinajstić information content (AvgIpc) is 2.63. The molecule has 0 atom stereocenters. The van der Waals surface area contributed by atoms with Crippen molar-refractivity contribution < 1.29 is 8.42 Å². The van der Waals surface area contributed by atoms with Crippen LogP contribution in [0.4, 0.5) is 5.13 Å². The second-order valence-corrected chi connectivity index (χ2v) is 8.24. The first-order chi connectivity index (χ1) is 9.15. The van der Waals surface area contributed by atoms with Crippen molar-refractivity contribution in [1.29, 1.82) is 0 Å². The van der Waals surface area contributed by atoms with Crippen LogP contribution in [-0.4, -0.2) is 43.5 Å². The minimum atomic E-state index is -3.52. The zero-order chi connectivity index (χ0) is 15.5. The van der Waals surface area contributed by atoms with Gasteiger partial charge < -0.3 is 5.73 Å². The second kappa shape index (κ2) is 6.84. The van der Waals surface area contributed by atoms with Crippen molar-refractivity contribution in [3.8, 4) is 0 Å². The van der Waals surface area contributed by atoms with E-state index in [0.29, 0.717) is 30.9 Å². The highest BCUT2D eigenvalue weighted by atomic mass is 32.2. The van der Waals surface area contributed by atoms with Gasteiger partial charge in [0, 0.05) is 25.2 Å². The lowest BCUT2D eigenvalue weighted by Crippen LogP contribution is -2.42. The van der Waals surface area contributed by atoms with Gasteiger partial charge in [-0.3, -0.25) is 4.90 Å². The van der Waals surface area contributed by atoms with Crippen molar-refractivity contribution in [3.63, 3.8) is 0 Å². The lowest BCUT2D eigenvalue weighted by molar-refractivity contribution is 0.179. The molecular formula is C12H24N4O2S2. The number of hydrogen-bond donors (Lipinski definition) is 2. The highest BCUT2D eigenvalue weighted by molar-refractivity contribution is 7.91. The topological polar surface area (TPSA) is 88.3 Å². The number of aromatic nitrogens is 1. The molecule has 1 rings (SSSR count). The number of nitrogen functional groups attached to an aromatic ring is 1. The van der Waals surface area contributed by atoms with E-state index < -0.39 is 10.0 Å². The number of sulfonamides is 1. The van der Waals surface area contributed by atoms with Gasteiger partial charge in [0.2, 0.25) is 0 Å². The molecule has 0 saturated carbocycles. The Labute approximate surface area is 125 Å². The molecule has 0 aliphatic rings. The fraction of sp³-hybridized carbons (Fsp3) is 0.750. The molecule has 0 aliphatic heterocycles. The largest absolute Gasteiger partial charge is 0.375 e. The Hall–Kier alpha value is -0.700. The number of thiazole rings is 1. The maximum absolute atomic E-state index is 12.2. The molecule has 0 unspecified atom stereocenters. The van der Waals surface area contributed by atoms with Crippen LogP contribution in [0.15, 0.2) is 4.21 Å². The monoisotopic (exact) mass is 320 g/mol. The third kappa shape index (κ3) is 4.41. The van der Waals surface area contributed by atoms with Gasteiger partial charge in [-0.05, 0) is 34.6 Å². The van der Waals surface area contributed by atoms with Gasteiger partial charge in [-0.25, -0.2) is 18.1 Å². The molecule has 6 nitrogen and oxygen atoms in total. The molecule has 8 heteroatoms. The Morgan fingerprint density at radius 2 is 1.85 bits per heavy atom. The maximum atomic E-state index is 12.2. The highest BCUT2D eigenvalue weighted by Gasteiger charge is 2.21. The number of hydrogen-bond acceptors (Lipinski definition) is 6. The molecule has 0 aromatic carbocycles. The Kier molecular flexibility index (Phi) is 5.93. The van der Waals surface area contributed by atoms with Gasteiger partial charge in [-0.2, -0.15) is 0 Å². The molecule has 1 aromatic heterocycles. The van der Waals surface area contributed by atoms with Crippen LogP contribution in [0.1, 0.15) is 33.4 Å². The van der Waals surface area contributed by atoms with E-state index in [-0.39, 0.29) is 9.34 Å². The van der Waals surface area contributed by atoms with Gasteiger partial charge in [0.1, 0.15) is 0 Å². The zero-order valence-corrected chi connectivity index (χ0v) is 14.3. The number of nitrogens with one attached hydrogen (secondary N) is 1. The van der Waals surface area contributed by atoms with Gasteiger partial charge in [0.05, 0.1) is 5.69 Å². The zero-order valence-electron chi connectivity index (χ0n) is 12.7. The third-order valence-corrected chi connectivity index (χ3v) is 6.06. The molecule has 20 heavy (non-hydrogen) atoms. The third-order valence-electron chi connectivity index (χ3n) is 3.00. The van der Waals surface area contributed by atoms with Gasteiger partial charge in [-0.15, -0.1) is 0 Å². The molecule has 0 aliphatic carbocycles. The van der Waals surface area contributed by atoms with Crippen LogP contribution in [0.25, 0.3) is 0 Å². The first kappa shape index (κ1) is 17.4. The van der Waals surface area contributed by atoms with Crippen molar-refractivity contribution in [2.45, 2.75) is 50.9 Å². The highest BCUT2D eigenvalue weighted by Crippen LogP contribution is 2.24. The molecule has 3 N–H and O–H groups in total. The number of rotatable bonds is 7. The Morgan fingerprint density at radius 1 is 1.30 bits per heavy atom. The Morgan fingerprint density at radius 3 is 2.25 bits per heavy atom. The predicted octanol–water partition coefficient (Wildman–Crippen LogP) is 1.43. The van der Waals surface area contributed by atoms with E-state index in [2.05, 4.69) is 42.3 Å². The molecule has 1 aromatic rings. The van der Waals surface area contributed by atoms with Crippen LogP contribution in [0.2, 0.25) is 0 Å². The lowest BCUT2D eigenvalue weighted by Gasteiger charge is -2.30. The van der Waals surface area contributed by atoms with Crippen molar-refractivity contribution in [1.82, 2.24) is 14.6 Å². The summed E-state index contributed by atoms with van der Waals surface area (Å²) in [4.78, 5) is 6.18. The maximum Gasteiger partial charge on any atom is 0.252 e. The summed E-state index contributed by atoms with van der Waals surface area (Å²) in [5, 5.41) is 0.272. The minimum Gasteiger partial charge on any atom is -0.375 e. The molecule has 0 radical (unpaired) electrons. The van der Waals surface area contributed by atoms with Crippen LogP contribution in [-0.2, 0) is 10.0 Å². The van der Waals surface area contributed by atoms with E-state index >= 15 is 0 Å². The van der Waals surface area contributed by atoms with Crippen molar-refractivity contribution in [2.75, 3.05) is 18.8 Å². The average molecular weight is 320 g/mol. The SMILES string of the molecule is Cc1nc(N)sc1S(=O)(=O)NCCN(C(C)C)C(C)C. The van der Waals surface area contributed by atoms with E-state index in [4.69, 9.17) is 5.73 Å². The standard InChI is InChI=1S/C12H24N4O2S2/c1-8(2)16(9(3)4)7-6-14-20(17,18)11-10(5)15-12(13)19-11/h8-9,14H,6-7H2,1-5H3,(H2,13,15). The molecule has 0 saturated heterocycles. The van der Waals surface area contributed by atoms with Crippen LogP contribution in [0.5, 0.6) is 0 Å². The molecule has 0 spiro atoms. The Balaban J connectivity index is 2.67. The fourth-order valence-electron chi connectivity index (χ4n) is 2.14. The minimum absolute atomic E-state index is 0.204. The summed E-state index contributed by atoms with van der Waals surface area (Å²) in [5.74, 6) is 0. The number of aryl methyl sites for hydroxylation is 1. The van der Waals surface area contributed by atoms with Crippen LogP contribution < -0.4 is 10.5 Å². The molecule has 116 valence electrons. The molecule has 0 bridgehead atoms. The van der Waals surface area contributed by atoms with Gasteiger partial charge in [0.25, 0.3) is 10.0 Å². The molecular weight excluding hydrogens is 296 g/mol. The number of nitrogens with zero attached hydrogens (tertiary/aromatic N) is 2. The summed E-state index contributed by atoms with van der Waals surface area (Å²) in [6.07, 6.45) is 0. The summed E-state index contributed by atoms with van der Waals surface area (Å²) >= 11 is 0.995. The van der Waals surface area contributed by atoms with Crippen molar-refractivity contribution in [3.05, 3.63) is 5.69 Å². The first-order valence-electron chi connectivity index (χ1n) is 6.63. The van der Waals surface area contributed by atoms with E-state index in [1.54, 1.807) is 6.92 Å². The van der Waals surface area contributed by atoms with Crippen molar-refractivity contribution in [2.24, 2.45) is 0 Å². The van der Waals surface area contributed by atoms with Crippen LogP contribution in [0.3, 0.4) is 0 Å². The van der Waals surface area contributed by atoms with Gasteiger partial charge >= 0.3 is 0 Å². The quantitative estimate of drug-likeness (QED) is 0.793. The van der Waals surface area contributed by atoms with Crippen LogP contribution >= 0.6 is 11.3 Å². The van der Waals surface area contributed by atoms with E-state index in [1.165, 1.54) is 0 Å².